The summed E-state index contributed by atoms with van der Waals surface area (Å²) in [6.07, 6.45) is 0. The van der Waals surface area contributed by atoms with E-state index in [1.165, 1.54) is 0 Å². The van der Waals surface area contributed by atoms with E-state index in [9.17, 15) is 0 Å². The van der Waals surface area contributed by atoms with Crippen molar-refractivity contribution in [1.29, 1.82) is 0 Å². The summed E-state index contributed by atoms with van der Waals surface area (Å²) < 4.78 is 4.40. The van der Waals surface area contributed by atoms with E-state index in [0.29, 0.717) is 0 Å². The Morgan fingerprint density at radius 3 is 2.43 bits per heavy atom. The van der Waals surface area contributed by atoms with Gasteiger partial charge < -0.3 is 10.2 Å². The van der Waals surface area contributed by atoms with Crippen LogP contribution in [0.1, 0.15) is 0 Å². The van der Waals surface area contributed by atoms with E-state index in [1.54, 1.807) is 0 Å². The number of hydrogen-bond acceptors (Lipinski definition) is 4. The predicted molar refractivity (Wildman–Crippen MR) is 23.7 cm³/mol. The SMILES string of the molecule is Nc1nnc(Cl)o1. The Kier molecular flexibility index (Phi) is 0.867. The molecule has 0 bridgehead atoms. The topological polar surface area (TPSA) is 64.9 Å². The maximum absolute atomic E-state index is 5.14. The summed E-state index contributed by atoms with van der Waals surface area (Å²) in [6, 6.07) is -0.00926. The molecule has 0 amide bonds. The van der Waals surface area contributed by atoms with Crippen LogP contribution in [0.4, 0.5) is 6.01 Å². The largest absolute Gasteiger partial charge is 0.394 e. The van der Waals surface area contributed by atoms with Gasteiger partial charge in [0, 0.05) is 0 Å². The van der Waals surface area contributed by atoms with Crippen LogP contribution in [0.5, 0.6) is 0 Å². The van der Waals surface area contributed by atoms with Gasteiger partial charge in [-0.2, -0.15) is 0 Å². The quantitative estimate of drug-likeness (QED) is 0.534. The molecule has 7 heavy (non-hydrogen) atoms. The van der Waals surface area contributed by atoms with E-state index in [0.717, 1.165) is 0 Å². The molecule has 0 spiro atoms. The monoisotopic (exact) mass is 119 g/mol. The van der Waals surface area contributed by atoms with Gasteiger partial charge in [0.05, 0.1) is 0 Å². The number of anilines is 1. The average Bonchev–Trinajstić information content (AvgIpc) is 1.87. The van der Waals surface area contributed by atoms with E-state index in [-0.39, 0.29) is 11.4 Å². The lowest BCUT2D eigenvalue weighted by Gasteiger charge is -1.68. The molecule has 1 aromatic rings. The van der Waals surface area contributed by atoms with Crippen LogP contribution in [0, 0.1) is 0 Å². The molecule has 0 fully saturated rings. The maximum atomic E-state index is 5.14. The van der Waals surface area contributed by atoms with Crippen LogP contribution >= 0.6 is 11.6 Å². The molecule has 1 aromatic heterocycles. The highest BCUT2D eigenvalue weighted by Gasteiger charge is 1.93. The first-order valence-corrected chi connectivity index (χ1v) is 1.91. The molecule has 0 aromatic carbocycles. The second-order valence-electron chi connectivity index (χ2n) is 0.893. The van der Waals surface area contributed by atoms with Gasteiger partial charge in [0.15, 0.2) is 0 Å². The highest BCUT2D eigenvalue weighted by Crippen LogP contribution is 2.04. The summed E-state index contributed by atoms with van der Waals surface area (Å²) in [4.78, 5) is 0. The Morgan fingerprint density at radius 2 is 2.29 bits per heavy atom. The van der Waals surface area contributed by atoms with Gasteiger partial charge in [-0.1, -0.05) is 10.2 Å². The van der Waals surface area contributed by atoms with Gasteiger partial charge in [-0.3, -0.25) is 0 Å². The normalized spacial score (nSPS) is 9.29. The molecule has 5 heteroatoms. The van der Waals surface area contributed by atoms with Gasteiger partial charge in [0.1, 0.15) is 0 Å². The van der Waals surface area contributed by atoms with Crippen LogP contribution in [-0.2, 0) is 0 Å². The highest BCUT2D eigenvalue weighted by molar-refractivity contribution is 6.27. The van der Waals surface area contributed by atoms with Crippen molar-refractivity contribution >= 4 is 17.6 Å². The summed E-state index contributed by atoms with van der Waals surface area (Å²) in [5.41, 5.74) is 4.95. The molecule has 0 aliphatic rings. The van der Waals surface area contributed by atoms with E-state index in [4.69, 9.17) is 17.3 Å². The Bertz CT molecular complexity index is 145. The predicted octanol–water partition coefficient (Wildman–Crippen LogP) is 0.305. The fourth-order valence-corrected chi connectivity index (χ4v) is 0.333. The average molecular weight is 120 g/mol. The van der Waals surface area contributed by atoms with Crippen LogP contribution in [0.2, 0.25) is 5.35 Å². The molecule has 2 N–H and O–H groups in total. The molecule has 1 rings (SSSR count). The van der Waals surface area contributed by atoms with Gasteiger partial charge in [-0.05, 0) is 11.6 Å². The first-order chi connectivity index (χ1) is 3.29. The van der Waals surface area contributed by atoms with Crippen molar-refractivity contribution in [2.24, 2.45) is 0 Å². The molecular weight excluding hydrogens is 117 g/mol. The lowest BCUT2D eigenvalue weighted by Crippen LogP contribution is -1.81. The first-order valence-electron chi connectivity index (χ1n) is 1.53. The zero-order valence-electron chi connectivity index (χ0n) is 3.26. The Hall–Kier alpha value is -0.770. The molecule has 0 aliphatic carbocycles. The smallest absolute Gasteiger partial charge is 0.314 e. The molecule has 0 unspecified atom stereocenters. The lowest BCUT2D eigenvalue weighted by molar-refractivity contribution is 0.576. The third-order valence-electron chi connectivity index (χ3n) is 0.416. The summed E-state index contributed by atoms with van der Waals surface area (Å²) >= 11 is 5.14. The molecule has 0 saturated carbocycles. The molecule has 0 saturated heterocycles. The van der Waals surface area contributed by atoms with Crippen molar-refractivity contribution in [3.05, 3.63) is 5.35 Å². The lowest BCUT2D eigenvalue weighted by atomic mass is 11.2. The Labute approximate surface area is 44.3 Å². The number of nitrogens with zero attached hydrogens (tertiary/aromatic N) is 2. The minimum Gasteiger partial charge on any atom is -0.394 e. The number of nitrogens with two attached hydrogens (primary N) is 1. The fourth-order valence-electron chi connectivity index (χ4n) is 0.216. The van der Waals surface area contributed by atoms with Gasteiger partial charge in [0.2, 0.25) is 0 Å². The van der Waals surface area contributed by atoms with E-state index in [1.807, 2.05) is 0 Å². The molecule has 1 heterocycles. The first kappa shape index (κ1) is 4.39. The van der Waals surface area contributed by atoms with Crippen molar-refractivity contribution in [3.63, 3.8) is 0 Å². The van der Waals surface area contributed by atoms with Crippen molar-refractivity contribution in [1.82, 2.24) is 10.2 Å². The zero-order valence-corrected chi connectivity index (χ0v) is 4.01. The number of rotatable bonds is 0. The molecule has 38 valence electrons. The fraction of sp³-hybridized carbons (Fsp3) is 0. The Morgan fingerprint density at radius 1 is 1.57 bits per heavy atom. The maximum Gasteiger partial charge on any atom is 0.314 e. The highest BCUT2D eigenvalue weighted by atomic mass is 35.5. The standard InChI is InChI=1S/C2H2ClN3O/c3-1-5-6-2(4)7-1/h(H2,4,6). The van der Waals surface area contributed by atoms with Gasteiger partial charge >= 0.3 is 11.4 Å². The second-order valence-corrected chi connectivity index (χ2v) is 1.22. The van der Waals surface area contributed by atoms with E-state index in [2.05, 4.69) is 14.6 Å². The third kappa shape index (κ3) is 0.806. The van der Waals surface area contributed by atoms with E-state index >= 15 is 0 Å². The zero-order chi connectivity index (χ0) is 5.28. The van der Waals surface area contributed by atoms with Crippen LogP contribution in [0.15, 0.2) is 4.42 Å². The van der Waals surface area contributed by atoms with Gasteiger partial charge in [-0.15, -0.1) is 0 Å². The van der Waals surface area contributed by atoms with Crippen LogP contribution in [0.3, 0.4) is 0 Å². The summed E-state index contributed by atoms with van der Waals surface area (Å²) in [5.74, 6) is 0. The van der Waals surface area contributed by atoms with Crippen molar-refractivity contribution < 1.29 is 4.42 Å². The van der Waals surface area contributed by atoms with Crippen LogP contribution < -0.4 is 5.73 Å². The second kappa shape index (κ2) is 1.38. The van der Waals surface area contributed by atoms with Gasteiger partial charge in [0.25, 0.3) is 0 Å². The Balaban J connectivity index is 3.04. The van der Waals surface area contributed by atoms with Crippen LogP contribution in [-0.4, -0.2) is 10.2 Å². The molecule has 0 aliphatic heterocycles. The molecule has 4 nitrogen and oxygen atoms in total. The number of aromatic nitrogens is 2. The summed E-state index contributed by atoms with van der Waals surface area (Å²) in [6.45, 7) is 0. The van der Waals surface area contributed by atoms with Crippen molar-refractivity contribution in [2.75, 3.05) is 5.73 Å². The third-order valence-corrected chi connectivity index (χ3v) is 0.569. The van der Waals surface area contributed by atoms with Crippen molar-refractivity contribution in [3.8, 4) is 0 Å². The van der Waals surface area contributed by atoms with Gasteiger partial charge in [-0.25, -0.2) is 0 Å². The molecule has 0 radical (unpaired) electrons. The van der Waals surface area contributed by atoms with Crippen molar-refractivity contribution in [2.45, 2.75) is 0 Å². The number of hydrogen-bond donors (Lipinski definition) is 1. The summed E-state index contributed by atoms with van der Waals surface area (Å²) in [5, 5.41) is 6.46. The number of halogens is 1. The summed E-state index contributed by atoms with van der Waals surface area (Å²) in [7, 11) is 0. The van der Waals surface area contributed by atoms with Crippen LogP contribution in [0.25, 0.3) is 0 Å². The number of nitrogen functional groups attached to an aromatic ring is 1. The molecule has 0 atom stereocenters. The van der Waals surface area contributed by atoms with E-state index < -0.39 is 0 Å². The molecular formula is C2H2ClN3O. The minimum absolute atomic E-state index is 0.00926. The minimum atomic E-state index is -0.0301.